The van der Waals surface area contributed by atoms with Gasteiger partial charge in [0.15, 0.2) is 0 Å². The van der Waals surface area contributed by atoms with Crippen LogP contribution >= 0.6 is 22.9 Å². The van der Waals surface area contributed by atoms with Crippen LogP contribution in [0.2, 0.25) is 4.34 Å². The molecule has 0 aliphatic heterocycles. The first-order chi connectivity index (χ1) is 10.0. The summed E-state index contributed by atoms with van der Waals surface area (Å²) in [6.07, 6.45) is 2.19. The van der Waals surface area contributed by atoms with Crippen LogP contribution in [0.5, 0.6) is 0 Å². The monoisotopic (exact) mass is 320 g/mol. The first-order valence-electron chi connectivity index (χ1n) is 6.96. The van der Waals surface area contributed by atoms with Gasteiger partial charge in [-0.25, -0.2) is 0 Å². The first kappa shape index (κ1) is 14.4. The number of carbonyl (C=O) groups excluding carboxylic acids is 1. The van der Waals surface area contributed by atoms with E-state index in [1.54, 1.807) is 11.3 Å². The van der Waals surface area contributed by atoms with Crippen LogP contribution in [-0.2, 0) is 11.2 Å². The molecule has 0 spiro atoms. The lowest BCUT2D eigenvalue weighted by atomic mass is 10.1. The van der Waals surface area contributed by atoms with Gasteiger partial charge in [-0.05, 0) is 55.2 Å². The number of thiophene rings is 1. The molecular formula is C16H17ClN2OS. The van der Waals surface area contributed by atoms with Crippen LogP contribution in [0.4, 0.5) is 11.4 Å². The summed E-state index contributed by atoms with van der Waals surface area (Å²) in [5.74, 6) is -0.0489. The summed E-state index contributed by atoms with van der Waals surface area (Å²) in [5, 5.41) is 6.40. The van der Waals surface area contributed by atoms with Crippen LogP contribution in [0.25, 0.3) is 0 Å². The quantitative estimate of drug-likeness (QED) is 0.855. The van der Waals surface area contributed by atoms with Gasteiger partial charge in [0.25, 0.3) is 0 Å². The van der Waals surface area contributed by atoms with Crippen LogP contribution in [0.3, 0.4) is 0 Å². The van der Waals surface area contributed by atoms with Crippen molar-refractivity contribution in [3.63, 3.8) is 0 Å². The highest BCUT2D eigenvalue weighted by molar-refractivity contribution is 7.16. The van der Waals surface area contributed by atoms with Crippen LogP contribution in [0.1, 0.15) is 35.4 Å². The second kappa shape index (κ2) is 5.70. The van der Waals surface area contributed by atoms with Crippen LogP contribution < -0.4 is 10.6 Å². The fourth-order valence-corrected chi connectivity index (χ4v) is 4.12. The highest BCUT2D eigenvalue weighted by atomic mass is 35.5. The van der Waals surface area contributed by atoms with Crippen LogP contribution in [0, 0.1) is 6.92 Å². The molecule has 0 radical (unpaired) electrons. The van der Waals surface area contributed by atoms with Crippen molar-refractivity contribution in [2.24, 2.45) is 0 Å². The third kappa shape index (κ3) is 3.06. The van der Waals surface area contributed by atoms with Gasteiger partial charge in [0, 0.05) is 23.2 Å². The maximum absolute atomic E-state index is 11.1. The summed E-state index contributed by atoms with van der Waals surface area (Å²) in [6, 6.07) is 8.41. The lowest BCUT2D eigenvalue weighted by molar-refractivity contribution is -0.114. The number of nitrogens with one attached hydrogen (secondary N) is 2. The minimum absolute atomic E-state index is 0.0489. The Hall–Kier alpha value is -1.52. The minimum atomic E-state index is -0.0489. The van der Waals surface area contributed by atoms with Crippen molar-refractivity contribution in [3.8, 4) is 0 Å². The van der Waals surface area contributed by atoms with Crippen LogP contribution in [-0.4, -0.2) is 5.91 Å². The molecule has 1 heterocycles. The predicted octanol–water partition coefficient (Wildman–Crippen LogP) is 4.77. The van der Waals surface area contributed by atoms with Gasteiger partial charge >= 0.3 is 0 Å². The van der Waals surface area contributed by atoms with E-state index in [2.05, 4.69) is 22.8 Å². The number of amides is 1. The van der Waals surface area contributed by atoms with Crippen LogP contribution in [0.15, 0.2) is 24.3 Å². The van der Waals surface area contributed by atoms with Crippen molar-refractivity contribution < 1.29 is 4.79 Å². The SMILES string of the molecule is CC(=O)Nc1ccc(NC2CCc3sc(Cl)cc32)cc1C. The summed E-state index contributed by atoms with van der Waals surface area (Å²) in [5.41, 5.74) is 4.31. The lowest BCUT2D eigenvalue weighted by Crippen LogP contribution is -2.09. The summed E-state index contributed by atoms with van der Waals surface area (Å²) >= 11 is 7.77. The van der Waals surface area contributed by atoms with Gasteiger partial charge in [-0.3, -0.25) is 4.79 Å². The van der Waals surface area contributed by atoms with Gasteiger partial charge in [-0.15, -0.1) is 11.3 Å². The maximum Gasteiger partial charge on any atom is 0.221 e. The smallest absolute Gasteiger partial charge is 0.221 e. The van der Waals surface area contributed by atoms with Gasteiger partial charge < -0.3 is 10.6 Å². The lowest BCUT2D eigenvalue weighted by Gasteiger charge is -2.16. The van der Waals surface area contributed by atoms with E-state index in [0.717, 1.165) is 34.1 Å². The molecule has 1 aromatic heterocycles. The molecule has 0 saturated heterocycles. The van der Waals surface area contributed by atoms with E-state index in [1.165, 1.54) is 17.4 Å². The van der Waals surface area contributed by atoms with E-state index < -0.39 is 0 Å². The second-order valence-electron chi connectivity index (χ2n) is 5.38. The van der Waals surface area contributed by atoms with Gasteiger partial charge in [-0.1, -0.05) is 11.6 Å². The number of benzene rings is 1. The standard InChI is InChI=1S/C16H17ClN2OS/c1-9-7-11(3-4-13(9)18-10(2)20)19-14-5-6-15-12(14)8-16(17)21-15/h3-4,7-8,14,19H,5-6H2,1-2H3,(H,18,20). The van der Waals surface area contributed by atoms with Gasteiger partial charge in [0.2, 0.25) is 5.91 Å². The summed E-state index contributed by atoms with van der Waals surface area (Å²) in [4.78, 5) is 12.5. The molecule has 1 atom stereocenters. The number of fused-ring (bicyclic) bond motifs is 1. The molecule has 1 unspecified atom stereocenters. The number of anilines is 2. The van der Waals surface area contributed by atoms with Gasteiger partial charge in [-0.2, -0.15) is 0 Å². The molecule has 2 aromatic rings. The van der Waals surface area contributed by atoms with E-state index in [0.29, 0.717) is 6.04 Å². The number of halogens is 1. The molecule has 110 valence electrons. The maximum atomic E-state index is 11.1. The molecule has 1 aliphatic rings. The largest absolute Gasteiger partial charge is 0.378 e. The molecule has 0 bridgehead atoms. The average Bonchev–Trinajstić information content (AvgIpc) is 2.93. The Morgan fingerprint density at radius 2 is 2.19 bits per heavy atom. The molecule has 1 amide bonds. The molecule has 5 heteroatoms. The van der Waals surface area contributed by atoms with E-state index in [4.69, 9.17) is 11.6 Å². The van der Waals surface area contributed by atoms with Crippen molar-refractivity contribution in [3.05, 3.63) is 44.6 Å². The Kier molecular flexibility index (Phi) is 3.91. The normalized spacial score (nSPS) is 16.6. The molecule has 21 heavy (non-hydrogen) atoms. The zero-order chi connectivity index (χ0) is 15.0. The van der Waals surface area contributed by atoms with E-state index in [-0.39, 0.29) is 5.91 Å². The summed E-state index contributed by atoms with van der Waals surface area (Å²) in [7, 11) is 0. The minimum Gasteiger partial charge on any atom is -0.378 e. The summed E-state index contributed by atoms with van der Waals surface area (Å²) in [6.45, 7) is 3.52. The van der Waals surface area contributed by atoms with Crippen molar-refractivity contribution in [1.29, 1.82) is 0 Å². The molecular weight excluding hydrogens is 304 g/mol. The molecule has 1 aromatic carbocycles. The highest BCUT2D eigenvalue weighted by Gasteiger charge is 2.24. The molecule has 1 aliphatic carbocycles. The van der Waals surface area contributed by atoms with Gasteiger partial charge in [0.1, 0.15) is 0 Å². The number of hydrogen-bond donors (Lipinski definition) is 2. The van der Waals surface area contributed by atoms with E-state index in [1.807, 2.05) is 19.1 Å². The number of carbonyl (C=O) groups is 1. The Balaban J connectivity index is 1.77. The fourth-order valence-electron chi connectivity index (χ4n) is 2.76. The molecule has 2 N–H and O–H groups in total. The third-order valence-corrected chi connectivity index (χ3v) is 5.06. The summed E-state index contributed by atoms with van der Waals surface area (Å²) < 4.78 is 0.865. The predicted molar refractivity (Wildman–Crippen MR) is 89.5 cm³/mol. The number of hydrogen-bond acceptors (Lipinski definition) is 3. The van der Waals surface area contributed by atoms with E-state index >= 15 is 0 Å². The molecule has 0 fully saturated rings. The Morgan fingerprint density at radius 3 is 2.90 bits per heavy atom. The average molecular weight is 321 g/mol. The van der Waals surface area contributed by atoms with Gasteiger partial charge in [0.05, 0.1) is 10.4 Å². The zero-order valence-corrected chi connectivity index (χ0v) is 13.6. The Morgan fingerprint density at radius 1 is 1.38 bits per heavy atom. The number of rotatable bonds is 3. The highest BCUT2D eigenvalue weighted by Crippen LogP contribution is 2.41. The zero-order valence-electron chi connectivity index (χ0n) is 12.0. The van der Waals surface area contributed by atoms with Crippen molar-refractivity contribution in [2.75, 3.05) is 10.6 Å². The third-order valence-electron chi connectivity index (χ3n) is 3.73. The Labute approximate surface area is 133 Å². The van der Waals surface area contributed by atoms with Crippen molar-refractivity contribution >= 4 is 40.2 Å². The fraction of sp³-hybridized carbons (Fsp3) is 0.312. The second-order valence-corrected chi connectivity index (χ2v) is 7.14. The van der Waals surface area contributed by atoms with Crippen molar-refractivity contribution in [2.45, 2.75) is 32.7 Å². The molecule has 3 rings (SSSR count). The molecule has 3 nitrogen and oxygen atoms in total. The van der Waals surface area contributed by atoms with E-state index in [9.17, 15) is 4.79 Å². The Bertz CT molecular complexity index is 696. The molecule has 0 saturated carbocycles. The number of aryl methyl sites for hydroxylation is 2. The topological polar surface area (TPSA) is 41.1 Å². The van der Waals surface area contributed by atoms with Crippen molar-refractivity contribution in [1.82, 2.24) is 0 Å². The first-order valence-corrected chi connectivity index (χ1v) is 8.15.